The Kier molecular flexibility index (Phi) is 4.24. The molecule has 0 unspecified atom stereocenters. The summed E-state index contributed by atoms with van der Waals surface area (Å²) in [5, 5.41) is 5.34. The van der Waals surface area contributed by atoms with Gasteiger partial charge < -0.3 is 15.4 Å². The fraction of sp³-hybridized carbons (Fsp3) is 0.409. The van der Waals surface area contributed by atoms with Crippen molar-refractivity contribution in [2.75, 3.05) is 24.6 Å². The summed E-state index contributed by atoms with van der Waals surface area (Å²) >= 11 is 1.66. The molecule has 154 valence electrons. The van der Waals surface area contributed by atoms with Gasteiger partial charge in [0.05, 0.1) is 30.7 Å². The summed E-state index contributed by atoms with van der Waals surface area (Å²) in [6, 6.07) is 8.34. The second-order valence-corrected chi connectivity index (χ2v) is 9.45. The van der Waals surface area contributed by atoms with Crippen LogP contribution in [0.1, 0.15) is 30.1 Å². The summed E-state index contributed by atoms with van der Waals surface area (Å²) in [6.45, 7) is 3.59. The van der Waals surface area contributed by atoms with Crippen LogP contribution in [0.25, 0.3) is 0 Å². The van der Waals surface area contributed by atoms with Gasteiger partial charge in [0.15, 0.2) is 0 Å². The van der Waals surface area contributed by atoms with Crippen molar-refractivity contribution in [3.63, 3.8) is 0 Å². The third kappa shape index (κ3) is 2.89. The average molecular weight is 421 g/mol. The monoisotopic (exact) mass is 420 g/mol. The highest BCUT2D eigenvalue weighted by molar-refractivity contribution is 7.99. The summed E-state index contributed by atoms with van der Waals surface area (Å²) in [4.78, 5) is 12.9. The summed E-state index contributed by atoms with van der Waals surface area (Å²) in [7, 11) is 0. The maximum Gasteiger partial charge on any atom is 0.147 e. The Labute approximate surface area is 179 Å². The predicted octanol–water partition coefficient (Wildman–Crippen LogP) is 3.06. The molecule has 0 bridgehead atoms. The zero-order valence-corrected chi connectivity index (χ0v) is 17.5. The van der Waals surface area contributed by atoms with Crippen molar-refractivity contribution in [1.82, 2.24) is 19.7 Å². The first-order valence-corrected chi connectivity index (χ1v) is 11.3. The van der Waals surface area contributed by atoms with Crippen LogP contribution in [0.5, 0.6) is 5.75 Å². The summed E-state index contributed by atoms with van der Waals surface area (Å²) in [6.07, 6.45) is 8.69. The molecule has 5 heterocycles. The lowest BCUT2D eigenvalue weighted by atomic mass is 9.73. The van der Waals surface area contributed by atoms with Crippen LogP contribution in [0, 0.1) is 5.41 Å². The number of fused-ring (bicyclic) bond motifs is 2. The Balaban J connectivity index is 1.13. The summed E-state index contributed by atoms with van der Waals surface area (Å²) in [5.41, 5.74) is 9.17. The van der Waals surface area contributed by atoms with Crippen molar-refractivity contribution in [3.8, 4) is 5.75 Å². The number of hydrogen-bond acceptors (Lipinski definition) is 7. The number of nitrogens with two attached hydrogens (primary N) is 1. The molecule has 3 aliphatic rings. The van der Waals surface area contributed by atoms with E-state index in [9.17, 15) is 0 Å². The fourth-order valence-corrected chi connectivity index (χ4v) is 5.93. The molecule has 1 fully saturated rings. The van der Waals surface area contributed by atoms with E-state index in [1.54, 1.807) is 11.8 Å². The summed E-state index contributed by atoms with van der Waals surface area (Å²) < 4.78 is 7.75. The van der Waals surface area contributed by atoms with Gasteiger partial charge in [0.25, 0.3) is 0 Å². The molecular formula is C22H24N6OS. The zero-order chi connectivity index (χ0) is 20.1. The lowest BCUT2D eigenvalue weighted by Gasteiger charge is -2.41. The third-order valence-electron chi connectivity index (χ3n) is 6.80. The third-order valence-corrected chi connectivity index (χ3v) is 7.83. The Morgan fingerprint density at radius 3 is 2.83 bits per heavy atom. The molecule has 2 N–H and O–H groups in total. The molecule has 0 radical (unpaired) electrons. The van der Waals surface area contributed by atoms with Crippen LogP contribution in [-0.2, 0) is 13.0 Å². The number of piperidine rings is 1. The highest BCUT2D eigenvalue weighted by atomic mass is 32.2. The van der Waals surface area contributed by atoms with Gasteiger partial charge in [-0.25, -0.2) is 9.97 Å². The van der Waals surface area contributed by atoms with Gasteiger partial charge in [0.2, 0.25) is 0 Å². The molecule has 1 saturated heterocycles. The lowest BCUT2D eigenvalue weighted by Crippen LogP contribution is -2.45. The number of ether oxygens (including phenoxy) is 1. The number of rotatable bonds is 3. The molecule has 30 heavy (non-hydrogen) atoms. The number of hydrogen-bond donors (Lipinski definition) is 1. The molecule has 6 rings (SSSR count). The van der Waals surface area contributed by atoms with Gasteiger partial charge in [-0.05, 0) is 31.0 Å². The van der Waals surface area contributed by atoms with Gasteiger partial charge in [-0.15, -0.1) is 0 Å². The molecule has 7 nitrogen and oxygen atoms in total. The van der Waals surface area contributed by atoms with Crippen molar-refractivity contribution in [3.05, 3.63) is 54.1 Å². The molecule has 2 aromatic heterocycles. The van der Waals surface area contributed by atoms with Crippen molar-refractivity contribution in [1.29, 1.82) is 0 Å². The second-order valence-electron chi connectivity index (χ2n) is 8.39. The minimum atomic E-state index is 0.0728. The van der Waals surface area contributed by atoms with E-state index < -0.39 is 0 Å². The van der Waals surface area contributed by atoms with Crippen LogP contribution in [-0.4, -0.2) is 39.4 Å². The predicted molar refractivity (Wildman–Crippen MR) is 115 cm³/mol. The van der Waals surface area contributed by atoms with E-state index in [-0.39, 0.29) is 11.5 Å². The smallest absolute Gasteiger partial charge is 0.147 e. The van der Waals surface area contributed by atoms with E-state index in [0.29, 0.717) is 0 Å². The van der Waals surface area contributed by atoms with Gasteiger partial charge in [-0.1, -0.05) is 17.8 Å². The largest absolute Gasteiger partial charge is 0.493 e. The molecule has 3 aromatic rings. The van der Waals surface area contributed by atoms with E-state index in [2.05, 4.69) is 31.8 Å². The Morgan fingerprint density at radius 2 is 2.03 bits per heavy atom. The van der Waals surface area contributed by atoms with E-state index >= 15 is 0 Å². The molecule has 1 spiro atoms. The first-order chi connectivity index (χ1) is 14.7. The molecular weight excluding hydrogens is 396 g/mol. The Bertz CT molecular complexity index is 1070. The van der Waals surface area contributed by atoms with E-state index in [1.807, 2.05) is 30.7 Å². The Morgan fingerprint density at radius 1 is 1.13 bits per heavy atom. The zero-order valence-electron chi connectivity index (χ0n) is 16.7. The number of nitrogens with zero attached hydrogens (tertiary/aromatic N) is 5. The van der Waals surface area contributed by atoms with Crippen LogP contribution < -0.4 is 15.4 Å². The molecule has 3 aliphatic heterocycles. The van der Waals surface area contributed by atoms with Crippen molar-refractivity contribution >= 4 is 17.6 Å². The highest BCUT2D eigenvalue weighted by Crippen LogP contribution is 2.47. The van der Waals surface area contributed by atoms with Gasteiger partial charge in [-0.3, -0.25) is 4.68 Å². The van der Waals surface area contributed by atoms with Gasteiger partial charge in [0, 0.05) is 48.1 Å². The first kappa shape index (κ1) is 18.2. The van der Waals surface area contributed by atoms with Crippen molar-refractivity contribution in [2.24, 2.45) is 11.1 Å². The normalized spacial score (nSPS) is 21.5. The SMILES string of the molecule is N[C@@H]1c2ccnn2CC12CCN(c1cnc(Sc3cccc4c3CCO4)cn1)CC2. The minimum absolute atomic E-state index is 0.0728. The van der Waals surface area contributed by atoms with Crippen LogP contribution >= 0.6 is 11.8 Å². The van der Waals surface area contributed by atoms with Gasteiger partial charge >= 0.3 is 0 Å². The molecule has 8 heteroatoms. The average Bonchev–Trinajstić information content (AvgIpc) is 3.48. The maximum absolute atomic E-state index is 6.60. The highest BCUT2D eigenvalue weighted by Gasteiger charge is 2.46. The molecule has 1 atom stereocenters. The van der Waals surface area contributed by atoms with Crippen LogP contribution in [0.4, 0.5) is 5.82 Å². The number of aromatic nitrogens is 4. The standard InChI is InChI=1S/C22H24N6OS/c23-21-16-4-8-26-28(16)14-22(21)6-9-27(10-7-22)19-12-25-20(13-24-19)30-18-3-1-2-17-15(18)5-11-29-17/h1-4,8,12-13,21H,5-7,9-11,14,23H2/t21-/m1/s1. The molecule has 0 aliphatic carbocycles. The molecule has 1 aromatic carbocycles. The van der Waals surface area contributed by atoms with Crippen molar-refractivity contribution < 1.29 is 4.74 Å². The minimum Gasteiger partial charge on any atom is -0.493 e. The van der Waals surface area contributed by atoms with E-state index in [0.717, 1.165) is 62.1 Å². The van der Waals surface area contributed by atoms with E-state index in [4.69, 9.17) is 15.5 Å². The van der Waals surface area contributed by atoms with Crippen LogP contribution in [0.2, 0.25) is 0 Å². The van der Waals surface area contributed by atoms with Crippen LogP contribution in [0.15, 0.2) is 52.8 Å². The Hall–Kier alpha value is -2.58. The van der Waals surface area contributed by atoms with E-state index in [1.165, 1.54) is 16.2 Å². The first-order valence-electron chi connectivity index (χ1n) is 10.5. The second kappa shape index (κ2) is 6.99. The van der Waals surface area contributed by atoms with Gasteiger partial charge in [0.1, 0.15) is 16.6 Å². The maximum atomic E-state index is 6.60. The van der Waals surface area contributed by atoms with Crippen LogP contribution in [0.3, 0.4) is 0 Å². The molecule has 0 saturated carbocycles. The van der Waals surface area contributed by atoms with Gasteiger partial charge in [-0.2, -0.15) is 5.10 Å². The quantitative estimate of drug-likeness (QED) is 0.697. The topological polar surface area (TPSA) is 82.1 Å². The summed E-state index contributed by atoms with van der Waals surface area (Å²) in [5.74, 6) is 1.94. The lowest BCUT2D eigenvalue weighted by molar-refractivity contribution is 0.170. The molecule has 0 amide bonds. The fourth-order valence-electron chi connectivity index (χ4n) is 5.02. The van der Waals surface area contributed by atoms with Crippen molar-refractivity contribution in [2.45, 2.75) is 41.8 Å². The number of benzene rings is 1. The number of anilines is 1.